The first-order chi connectivity index (χ1) is 10.2. The zero-order valence-corrected chi connectivity index (χ0v) is 13.1. The van der Waals surface area contributed by atoms with E-state index in [1.807, 2.05) is 20.0 Å². The van der Waals surface area contributed by atoms with Crippen molar-refractivity contribution < 1.29 is 14.1 Å². The van der Waals surface area contributed by atoms with Crippen molar-refractivity contribution >= 4 is 24.0 Å². The fourth-order valence-electron chi connectivity index (χ4n) is 2.04. The Kier molecular flexibility index (Phi) is 4.99. The summed E-state index contributed by atoms with van der Waals surface area (Å²) < 4.78 is 10.7. The molecule has 1 aromatic heterocycles. The van der Waals surface area contributed by atoms with Crippen LogP contribution in [0.15, 0.2) is 22.7 Å². The number of benzene rings is 1. The van der Waals surface area contributed by atoms with E-state index in [9.17, 15) is 4.79 Å². The van der Waals surface area contributed by atoms with Crippen molar-refractivity contribution in [3.8, 4) is 17.2 Å². The lowest BCUT2D eigenvalue weighted by Gasteiger charge is -2.17. The predicted molar refractivity (Wildman–Crippen MR) is 83.3 cm³/mol. The van der Waals surface area contributed by atoms with Gasteiger partial charge in [-0.25, -0.2) is 0 Å². The molecule has 7 nitrogen and oxygen atoms in total. The van der Waals surface area contributed by atoms with Crippen LogP contribution in [0.1, 0.15) is 12.7 Å². The number of carbonyl (C=O) groups excluding carboxylic acids is 1. The molecule has 0 spiro atoms. The van der Waals surface area contributed by atoms with Crippen molar-refractivity contribution in [1.82, 2.24) is 15.5 Å². The molecule has 2 heterocycles. The number of anilines is 1. The van der Waals surface area contributed by atoms with Crippen molar-refractivity contribution in [2.45, 2.75) is 19.4 Å². The quantitative estimate of drug-likeness (QED) is 0.888. The summed E-state index contributed by atoms with van der Waals surface area (Å²) in [6.45, 7) is 2.07. The van der Waals surface area contributed by atoms with E-state index < -0.39 is 0 Å². The maximum absolute atomic E-state index is 11.2. The second-order valence-corrected chi connectivity index (χ2v) is 4.96. The van der Waals surface area contributed by atoms with Crippen LogP contribution in [0.4, 0.5) is 5.69 Å². The van der Waals surface area contributed by atoms with Gasteiger partial charge >= 0.3 is 0 Å². The van der Waals surface area contributed by atoms with Gasteiger partial charge in [0, 0.05) is 18.0 Å². The van der Waals surface area contributed by atoms with Crippen LogP contribution in [0.5, 0.6) is 5.75 Å². The summed E-state index contributed by atoms with van der Waals surface area (Å²) >= 11 is 0. The third kappa shape index (κ3) is 3.37. The maximum atomic E-state index is 11.2. The molecular formula is C14H17ClN4O3. The molecule has 1 aliphatic rings. The lowest BCUT2D eigenvalue weighted by Crippen LogP contribution is -2.25. The monoisotopic (exact) mass is 324 g/mol. The number of ether oxygens (including phenoxy) is 1. The van der Waals surface area contributed by atoms with Gasteiger partial charge in [-0.2, -0.15) is 4.98 Å². The molecule has 118 valence electrons. The molecule has 1 amide bonds. The van der Waals surface area contributed by atoms with Gasteiger partial charge in [0.25, 0.3) is 11.8 Å². The Hall–Kier alpha value is -2.12. The van der Waals surface area contributed by atoms with Gasteiger partial charge < -0.3 is 19.9 Å². The Bertz CT molecular complexity index is 674. The standard InChI is InChI=1S/C14H16N4O3.ClH/c1-8(15-2)5-12-17-14(21-18-12)9-3-4-10-11(6-9)20-7-13(19)16-10;/h3-4,6,8,15H,5,7H2,1-2H3,(H,16,19);1H. The largest absolute Gasteiger partial charge is 0.482 e. The minimum atomic E-state index is -0.156. The minimum absolute atomic E-state index is 0. The molecule has 2 aromatic rings. The summed E-state index contributed by atoms with van der Waals surface area (Å²) in [6.07, 6.45) is 0.692. The van der Waals surface area contributed by atoms with Crippen LogP contribution < -0.4 is 15.4 Å². The summed E-state index contributed by atoms with van der Waals surface area (Å²) in [6, 6.07) is 5.64. The summed E-state index contributed by atoms with van der Waals surface area (Å²) in [7, 11) is 1.89. The maximum Gasteiger partial charge on any atom is 0.262 e. The van der Waals surface area contributed by atoms with Crippen molar-refractivity contribution in [2.24, 2.45) is 0 Å². The van der Waals surface area contributed by atoms with E-state index in [1.165, 1.54) is 0 Å². The van der Waals surface area contributed by atoms with E-state index in [2.05, 4.69) is 20.8 Å². The van der Waals surface area contributed by atoms with Crippen LogP contribution >= 0.6 is 12.4 Å². The van der Waals surface area contributed by atoms with E-state index in [0.29, 0.717) is 29.6 Å². The van der Waals surface area contributed by atoms with Crippen LogP contribution in [-0.2, 0) is 11.2 Å². The van der Waals surface area contributed by atoms with Crippen molar-refractivity contribution in [3.05, 3.63) is 24.0 Å². The lowest BCUT2D eigenvalue weighted by atomic mass is 10.1. The second-order valence-electron chi connectivity index (χ2n) is 4.96. The Morgan fingerprint density at radius 2 is 2.27 bits per heavy atom. The van der Waals surface area contributed by atoms with Crippen LogP contribution in [0.25, 0.3) is 11.5 Å². The number of fused-ring (bicyclic) bond motifs is 1. The number of nitrogens with zero attached hydrogens (tertiary/aromatic N) is 2. The van der Waals surface area contributed by atoms with Crippen molar-refractivity contribution in [3.63, 3.8) is 0 Å². The van der Waals surface area contributed by atoms with Gasteiger partial charge in [0.2, 0.25) is 0 Å². The Labute approximate surface area is 133 Å². The van der Waals surface area contributed by atoms with Crippen LogP contribution in [0.3, 0.4) is 0 Å². The molecule has 1 aliphatic heterocycles. The molecule has 3 rings (SSSR count). The number of halogens is 1. The third-order valence-corrected chi connectivity index (χ3v) is 3.31. The molecule has 2 N–H and O–H groups in total. The van der Waals surface area contributed by atoms with Gasteiger partial charge in [0.05, 0.1) is 5.69 Å². The van der Waals surface area contributed by atoms with Gasteiger partial charge in [0.1, 0.15) is 5.75 Å². The average Bonchev–Trinajstić information content (AvgIpc) is 2.95. The van der Waals surface area contributed by atoms with E-state index in [4.69, 9.17) is 9.26 Å². The van der Waals surface area contributed by atoms with Gasteiger partial charge in [-0.15, -0.1) is 12.4 Å². The molecule has 1 unspecified atom stereocenters. The lowest BCUT2D eigenvalue weighted by molar-refractivity contribution is -0.118. The number of aromatic nitrogens is 2. The zero-order valence-electron chi connectivity index (χ0n) is 12.3. The smallest absolute Gasteiger partial charge is 0.262 e. The first kappa shape index (κ1) is 16.3. The molecule has 0 saturated heterocycles. The number of rotatable bonds is 4. The van der Waals surface area contributed by atoms with Gasteiger partial charge in [-0.3, -0.25) is 4.79 Å². The zero-order chi connectivity index (χ0) is 14.8. The number of hydrogen-bond acceptors (Lipinski definition) is 6. The van der Waals surface area contributed by atoms with Crippen LogP contribution in [-0.4, -0.2) is 35.7 Å². The van der Waals surface area contributed by atoms with Gasteiger partial charge in [-0.05, 0) is 32.2 Å². The highest BCUT2D eigenvalue weighted by molar-refractivity contribution is 5.95. The highest BCUT2D eigenvalue weighted by Crippen LogP contribution is 2.32. The predicted octanol–water partition coefficient (Wildman–Crippen LogP) is 1.64. The molecule has 0 saturated carbocycles. The number of likely N-dealkylation sites (N-methyl/N-ethyl adjacent to an activating group) is 1. The average molecular weight is 325 g/mol. The van der Waals surface area contributed by atoms with Gasteiger partial charge in [0.15, 0.2) is 12.4 Å². The summed E-state index contributed by atoms with van der Waals surface area (Å²) in [5.41, 5.74) is 1.42. The molecule has 0 radical (unpaired) electrons. The Morgan fingerprint density at radius 1 is 1.45 bits per heavy atom. The number of carbonyl (C=O) groups is 1. The van der Waals surface area contributed by atoms with E-state index in [1.54, 1.807) is 12.1 Å². The molecule has 22 heavy (non-hydrogen) atoms. The fourth-order valence-corrected chi connectivity index (χ4v) is 2.04. The fraction of sp³-hybridized carbons (Fsp3) is 0.357. The Balaban J connectivity index is 0.00000176. The van der Waals surface area contributed by atoms with E-state index in [-0.39, 0.29) is 31.0 Å². The van der Waals surface area contributed by atoms with E-state index >= 15 is 0 Å². The summed E-state index contributed by atoms with van der Waals surface area (Å²) in [5, 5.41) is 9.83. The normalized spacial score (nSPS) is 14.4. The highest BCUT2D eigenvalue weighted by atomic mass is 35.5. The van der Waals surface area contributed by atoms with Crippen LogP contribution in [0.2, 0.25) is 0 Å². The molecule has 0 bridgehead atoms. The number of hydrogen-bond donors (Lipinski definition) is 2. The van der Waals surface area contributed by atoms with Crippen molar-refractivity contribution in [1.29, 1.82) is 0 Å². The second kappa shape index (κ2) is 6.76. The topological polar surface area (TPSA) is 89.3 Å². The molecule has 1 atom stereocenters. The molecule has 0 fully saturated rings. The minimum Gasteiger partial charge on any atom is -0.482 e. The number of amides is 1. The van der Waals surface area contributed by atoms with Gasteiger partial charge in [-0.1, -0.05) is 5.16 Å². The third-order valence-electron chi connectivity index (χ3n) is 3.31. The first-order valence-corrected chi connectivity index (χ1v) is 6.72. The molecule has 1 aromatic carbocycles. The summed E-state index contributed by atoms with van der Waals surface area (Å²) in [4.78, 5) is 15.6. The molecule has 8 heteroatoms. The SMILES string of the molecule is CNC(C)Cc1noc(-c2ccc3c(c2)OCC(=O)N3)n1.Cl. The van der Waals surface area contributed by atoms with Crippen LogP contribution in [0, 0.1) is 0 Å². The summed E-state index contributed by atoms with van der Waals surface area (Å²) in [5.74, 6) is 1.54. The van der Waals surface area contributed by atoms with Crippen molar-refractivity contribution in [2.75, 3.05) is 19.0 Å². The Morgan fingerprint density at radius 3 is 3.05 bits per heavy atom. The highest BCUT2D eigenvalue weighted by Gasteiger charge is 2.18. The van der Waals surface area contributed by atoms with E-state index in [0.717, 1.165) is 5.56 Å². The first-order valence-electron chi connectivity index (χ1n) is 6.72. The number of nitrogens with one attached hydrogen (secondary N) is 2. The molecule has 0 aliphatic carbocycles. The molecular weight excluding hydrogens is 308 g/mol.